The van der Waals surface area contributed by atoms with E-state index in [0.717, 1.165) is 51.4 Å². The number of hydrogen-bond donors (Lipinski definition) is 0. The summed E-state index contributed by atoms with van der Waals surface area (Å²) in [5.41, 5.74) is 1.07. The van der Waals surface area contributed by atoms with Gasteiger partial charge in [0.15, 0.2) is 0 Å². The third-order valence-corrected chi connectivity index (χ3v) is 2.79. The van der Waals surface area contributed by atoms with Crippen LogP contribution in [0, 0.1) is 0 Å². The van der Waals surface area contributed by atoms with E-state index in [4.69, 9.17) is 4.74 Å². The van der Waals surface area contributed by atoms with Gasteiger partial charge in [-0.3, -0.25) is 14.9 Å². The summed E-state index contributed by atoms with van der Waals surface area (Å²) in [4.78, 5) is 10.9. The Morgan fingerprint density at radius 1 is 1.41 bits per heavy atom. The van der Waals surface area contributed by atoms with Crippen molar-refractivity contribution in [1.29, 1.82) is 0 Å². The van der Waals surface area contributed by atoms with Crippen LogP contribution in [0.25, 0.3) is 0 Å². The molecule has 0 atom stereocenters. The van der Waals surface area contributed by atoms with Crippen LogP contribution in [0.2, 0.25) is 0 Å². The Bertz CT molecular complexity index is 334. The Balaban J connectivity index is 1.61. The zero-order valence-electron chi connectivity index (χ0n) is 10.1. The molecule has 0 unspecified atom stereocenters. The van der Waals surface area contributed by atoms with Crippen molar-refractivity contribution in [1.82, 2.24) is 9.88 Å². The van der Waals surface area contributed by atoms with Gasteiger partial charge in [-0.15, -0.1) is 0 Å². The number of morpholine rings is 1. The number of aromatic nitrogens is 1. The van der Waals surface area contributed by atoms with Gasteiger partial charge >= 0.3 is 0 Å². The lowest BCUT2D eigenvalue weighted by molar-refractivity contribution is 0.0377. The highest BCUT2D eigenvalue weighted by atomic mass is 16.5. The molecule has 2 heterocycles. The average molecular weight is 233 g/mol. The van der Waals surface area contributed by atoms with E-state index in [-0.39, 0.29) is 0 Å². The molecule has 1 aromatic heterocycles. The minimum Gasteiger partial charge on any atom is -0.379 e. The Morgan fingerprint density at radius 3 is 3.06 bits per heavy atom. The van der Waals surface area contributed by atoms with Crippen LogP contribution in [0.1, 0.15) is 12.0 Å². The van der Waals surface area contributed by atoms with E-state index in [2.05, 4.69) is 14.9 Å². The fourth-order valence-corrected chi connectivity index (χ4v) is 1.83. The number of hydrogen-bond acceptors (Lipinski definition) is 4. The molecule has 0 amide bonds. The van der Waals surface area contributed by atoms with Crippen LogP contribution in [0.5, 0.6) is 0 Å². The van der Waals surface area contributed by atoms with Crippen molar-refractivity contribution >= 4 is 6.21 Å². The van der Waals surface area contributed by atoms with Crippen molar-refractivity contribution in [3.63, 3.8) is 0 Å². The summed E-state index contributed by atoms with van der Waals surface area (Å²) < 4.78 is 5.31. The molecular formula is C13H19N3O. The zero-order valence-corrected chi connectivity index (χ0v) is 10.1. The molecular weight excluding hydrogens is 214 g/mol. The fraction of sp³-hybridized carbons (Fsp3) is 0.538. The number of nitrogens with zero attached hydrogens (tertiary/aromatic N) is 3. The van der Waals surface area contributed by atoms with Crippen molar-refractivity contribution in [3.05, 3.63) is 30.1 Å². The van der Waals surface area contributed by atoms with Crippen LogP contribution >= 0.6 is 0 Å². The summed E-state index contributed by atoms with van der Waals surface area (Å²) in [5.74, 6) is 0. The maximum atomic E-state index is 5.31. The lowest BCUT2D eigenvalue weighted by Gasteiger charge is -2.26. The van der Waals surface area contributed by atoms with E-state index in [9.17, 15) is 0 Å². The molecule has 0 N–H and O–H groups in total. The van der Waals surface area contributed by atoms with Crippen LogP contribution in [0.3, 0.4) is 0 Å². The monoisotopic (exact) mass is 233 g/mol. The summed E-state index contributed by atoms with van der Waals surface area (Å²) in [5, 5.41) is 0. The van der Waals surface area contributed by atoms with Crippen molar-refractivity contribution in [2.24, 2.45) is 4.99 Å². The fourth-order valence-electron chi connectivity index (χ4n) is 1.83. The van der Waals surface area contributed by atoms with Crippen molar-refractivity contribution in [3.8, 4) is 0 Å². The zero-order chi connectivity index (χ0) is 11.8. The minimum atomic E-state index is 0.874. The normalized spacial score (nSPS) is 17.6. The molecule has 4 heteroatoms. The van der Waals surface area contributed by atoms with Crippen molar-refractivity contribution < 1.29 is 4.74 Å². The van der Waals surface area contributed by atoms with E-state index in [0.29, 0.717) is 0 Å². The van der Waals surface area contributed by atoms with E-state index < -0.39 is 0 Å². The van der Waals surface area contributed by atoms with Crippen molar-refractivity contribution in [2.75, 3.05) is 39.4 Å². The molecule has 0 spiro atoms. The smallest absolute Gasteiger partial charge is 0.0594 e. The van der Waals surface area contributed by atoms with E-state index in [1.165, 1.54) is 0 Å². The molecule has 2 rings (SSSR count). The van der Waals surface area contributed by atoms with Crippen LogP contribution in [0.4, 0.5) is 0 Å². The second-order valence-electron chi connectivity index (χ2n) is 4.13. The van der Waals surface area contributed by atoms with Crippen LogP contribution in [0.15, 0.2) is 29.5 Å². The van der Waals surface area contributed by atoms with Gasteiger partial charge in [-0.05, 0) is 12.5 Å². The molecule has 17 heavy (non-hydrogen) atoms. The van der Waals surface area contributed by atoms with Gasteiger partial charge in [-0.1, -0.05) is 6.07 Å². The third-order valence-electron chi connectivity index (χ3n) is 2.79. The Labute approximate surface area is 102 Å². The van der Waals surface area contributed by atoms with E-state index in [1.807, 2.05) is 24.5 Å². The number of aliphatic imine (C=N–C) groups is 1. The summed E-state index contributed by atoms with van der Waals surface area (Å²) in [7, 11) is 0. The molecule has 1 fully saturated rings. The summed E-state index contributed by atoms with van der Waals surface area (Å²) >= 11 is 0. The SMILES string of the molecule is C(=NCCCN1CCOCC1)c1cccnc1. The van der Waals surface area contributed by atoms with Crippen molar-refractivity contribution in [2.45, 2.75) is 6.42 Å². The second kappa shape index (κ2) is 7.14. The Morgan fingerprint density at radius 2 is 2.29 bits per heavy atom. The quantitative estimate of drug-likeness (QED) is 0.567. The average Bonchev–Trinajstić information content (AvgIpc) is 2.41. The molecule has 4 nitrogen and oxygen atoms in total. The van der Waals surface area contributed by atoms with Crippen LogP contribution in [-0.4, -0.2) is 55.5 Å². The molecule has 92 valence electrons. The standard InChI is InChI=1S/C13H19N3O/c1-3-13(11-14-4-1)12-15-5-2-6-16-7-9-17-10-8-16/h1,3-4,11-12H,2,5-10H2. The number of pyridine rings is 1. The molecule has 1 aliphatic rings. The van der Waals surface area contributed by atoms with Crippen LogP contribution < -0.4 is 0 Å². The summed E-state index contributed by atoms with van der Waals surface area (Å²) in [6.07, 6.45) is 6.60. The second-order valence-corrected chi connectivity index (χ2v) is 4.13. The minimum absolute atomic E-state index is 0.874. The highest BCUT2D eigenvalue weighted by molar-refractivity contribution is 5.78. The first kappa shape index (κ1) is 12.2. The maximum Gasteiger partial charge on any atom is 0.0594 e. The Hall–Kier alpha value is -1.26. The molecule has 0 bridgehead atoms. The predicted octanol–water partition coefficient (Wildman–Crippen LogP) is 1.22. The van der Waals surface area contributed by atoms with Gasteiger partial charge < -0.3 is 4.74 Å². The lowest BCUT2D eigenvalue weighted by Crippen LogP contribution is -2.37. The van der Waals surface area contributed by atoms with Gasteiger partial charge in [0, 0.05) is 50.4 Å². The first-order valence-electron chi connectivity index (χ1n) is 6.15. The Kier molecular flexibility index (Phi) is 5.13. The van der Waals surface area contributed by atoms with Gasteiger partial charge in [0.05, 0.1) is 13.2 Å². The molecule has 1 aliphatic heterocycles. The molecule has 0 saturated carbocycles. The first-order chi connectivity index (χ1) is 8.45. The van der Waals surface area contributed by atoms with E-state index >= 15 is 0 Å². The molecule has 1 aromatic rings. The predicted molar refractivity (Wildman–Crippen MR) is 68.6 cm³/mol. The largest absolute Gasteiger partial charge is 0.379 e. The lowest BCUT2D eigenvalue weighted by atomic mass is 10.3. The molecule has 0 aromatic carbocycles. The number of rotatable bonds is 5. The van der Waals surface area contributed by atoms with Gasteiger partial charge in [0.2, 0.25) is 0 Å². The third kappa shape index (κ3) is 4.63. The first-order valence-corrected chi connectivity index (χ1v) is 6.15. The molecule has 1 saturated heterocycles. The van der Waals surface area contributed by atoms with Gasteiger partial charge in [0.1, 0.15) is 0 Å². The molecule has 0 aliphatic carbocycles. The summed E-state index contributed by atoms with van der Waals surface area (Å²) in [6, 6.07) is 3.94. The topological polar surface area (TPSA) is 37.7 Å². The maximum absolute atomic E-state index is 5.31. The van der Waals surface area contributed by atoms with Gasteiger partial charge in [-0.2, -0.15) is 0 Å². The highest BCUT2D eigenvalue weighted by Gasteiger charge is 2.08. The highest BCUT2D eigenvalue weighted by Crippen LogP contribution is 1.98. The molecule has 0 radical (unpaired) electrons. The van der Waals surface area contributed by atoms with Gasteiger partial charge in [0.25, 0.3) is 0 Å². The van der Waals surface area contributed by atoms with Gasteiger partial charge in [-0.25, -0.2) is 0 Å². The summed E-state index contributed by atoms with van der Waals surface area (Å²) in [6.45, 7) is 5.87. The number of ether oxygens (including phenoxy) is 1. The van der Waals surface area contributed by atoms with Crippen LogP contribution in [-0.2, 0) is 4.74 Å². The van der Waals surface area contributed by atoms with E-state index in [1.54, 1.807) is 6.20 Å².